The van der Waals surface area contributed by atoms with Crippen LogP contribution in [0.5, 0.6) is 0 Å². The predicted molar refractivity (Wildman–Crippen MR) is 98.5 cm³/mol. The maximum atomic E-state index is 14.2. The number of hydrogen-bond acceptors (Lipinski definition) is 4. The number of aromatic nitrogens is 3. The van der Waals surface area contributed by atoms with Gasteiger partial charge in [-0.3, -0.25) is 4.98 Å². The number of rotatable bonds is 5. The largest absolute Gasteiger partial charge is 0.326 e. The Hall–Kier alpha value is -2.66. The molecular weight excluding hydrogens is 327 g/mol. The Morgan fingerprint density at radius 2 is 1.85 bits per heavy atom. The summed E-state index contributed by atoms with van der Waals surface area (Å²) in [5.41, 5.74) is 9.39. The molecule has 1 aliphatic rings. The van der Waals surface area contributed by atoms with Crippen LogP contribution in [0, 0.1) is 12.2 Å². The summed E-state index contributed by atoms with van der Waals surface area (Å²) in [5.74, 6) is -0.256. The Kier molecular flexibility index (Phi) is 4.47. The molecule has 1 radical (unpaired) electrons. The molecule has 2 aromatic heterocycles. The van der Waals surface area contributed by atoms with Crippen LogP contribution in [0.3, 0.4) is 0 Å². The van der Waals surface area contributed by atoms with Gasteiger partial charge in [0.05, 0.1) is 17.1 Å². The van der Waals surface area contributed by atoms with Gasteiger partial charge in [-0.05, 0) is 42.7 Å². The third-order valence-electron chi connectivity index (χ3n) is 5.07. The second-order valence-electron chi connectivity index (χ2n) is 6.73. The first-order chi connectivity index (χ1) is 12.7. The van der Waals surface area contributed by atoms with E-state index in [0.717, 1.165) is 41.8 Å². The molecule has 0 bridgehead atoms. The van der Waals surface area contributed by atoms with E-state index >= 15 is 0 Å². The van der Waals surface area contributed by atoms with Crippen molar-refractivity contribution in [1.29, 1.82) is 0 Å². The molecule has 0 atom stereocenters. The smallest absolute Gasteiger partial charge is 0.145 e. The second kappa shape index (κ2) is 6.92. The van der Waals surface area contributed by atoms with E-state index in [2.05, 4.69) is 15.2 Å². The summed E-state index contributed by atoms with van der Waals surface area (Å²) in [6.07, 6.45) is 6.48. The molecule has 1 aliphatic carbocycles. The molecule has 0 saturated heterocycles. The fraction of sp³-hybridized carbons (Fsp3) is 0.238. The van der Waals surface area contributed by atoms with Crippen molar-refractivity contribution in [1.82, 2.24) is 15.2 Å². The van der Waals surface area contributed by atoms with Crippen LogP contribution in [-0.2, 0) is 12.0 Å². The topological polar surface area (TPSA) is 64.7 Å². The van der Waals surface area contributed by atoms with Crippen molar-refractivity contribution in [2.45, 2.75) is 31.2 Å². The standard InChI is InChI=1S/C21H20FN4/c22-18-3-1-12-24-20(18)21(10-2-11-21)13-17-8-9-19(26-25-17)16-6-4-15(14-23)5-7-16/h1,3-9,12-13H,2,10-11,14,23H2. The predicted octanol–water partition coefficient (Wildman–Crippen LogP) is 3.81. The van der Waals surface area contributed by atoms with Gasteiger partial charge in [-0.15, -0.1) is 0 Å². The lowest BCUT2D eigenvalue weighted by atomic mass is 9.63. The maximum Gasteiger partial charge on any atom is 0.145 e. The van der Waals surface area contributed by atoms with Gasteiger partial charge in [-0.2, -0.15) is 10.2 Å². The molecule has 0 unspecified atom stereocenters. The number of pyridine rings is 1. The van der Waals surface area contributed by atoms with Gasteiger partial charge in [0.2, 0.25) is 0 Å². The van der Waals surface area contributed by atoms with Crippen LogP contribution < -0.4 is 5.73 Å². The summed E-state index contributed by atoms with van der Waals surface area (Å²) < 4.78 is 14.2. The average Bonchev–Trinajstić information content (AvgIpc) is 2.66. The van der Waals surface area contributed by atoms with Gasteiger partial charge in [0.25, 0.3) is 0 Å². The highest BCUT2D eigenvalue weighted by Crippen LogP contribution is 2.47. The molecule has 1 fully saturated rings. The summed E-state index contributed by atoms with van der Waals surface area (Å²) in [6.45, 7) is 0.520. The lowest BCUT2D eigenvalue weighted by Gasteiger charge is -2.41. The number of nitrogens with two attached hydrogens (primary N) is 1. The van der Waals surface area contributed by atoms with E-state index in [4.69, 9.17) is 5.73 Å². The van der Waals surface area contributed by atoms with Gasteiger partial charge in [0.15, 0.2) is 0 Å². The van der Waals surface area contributed by atoms with E-state index in [-0.39, 0.29) is 11.2 Å². The summed E-state index contributed by atoms with van der Waals surface area (Å²) >= 11 is 0. The van der Waals surface area contributed by atoms with E-state index < -0.39 is 0 Å². The van der Waals surface area contributed by atoms with Crippen LogP contribution in [0.25, 0.3) is 11.3 Å². The summed E-state index contributed by atoms with van der Waals surface area (Å²) in [6, 6.07) is 14.9. The van der Waals surface area contributed by atoms with Crippen LogP contribution in [0.1, 0.15) is 36.2 Å². The first-order valence-corrected chi connectivity index (χ1v) is 8.80. The van der Waals surface area contributed by atoms with Crippen molar-refractivity contribution >= 4 is 0 Å². The van der Waals surface area contributed by atoms with Gasteiger partial charge >= 0.3 is 0 Å². The van der Waals surface area contributed by atoms with E-state index in [0.29, 0.717) is 12.2 Å². The maximum absolute atomic E-state index is 14.2. The summed E-state index contributed by atoms with van der Waals surface area (Å²) in [4.78, 5) is 4.29. The minimum absolute atomic E-state index is 0.256. The zero-order valence-electron chi connectivity index (χ0n) is 14.4. The first kappa shape index (κ1) is 16.8. The van der Waals surface area contributed by atoms with E-state index in [1.807, 2.05) is 42.8 Å². The van der Waals surface area contributed by atoms with E-state index in [1.54, 1.807) is 12.3 Å². The highest BCUT2D eigenvalue weighted by molar-refractivity contribution is 5.59. The van der Waals surface area contributed by atoms with Gasteiger partial charge in [-0.25, -0.2) is 4.39 Å². The fourth-order valence-corrected chi connectivity index (χ4v) is 3.43. The number of benzene rings is 1. The molecule has 2 heterocycles. The minimum Gasteiger partial charge on any atom is -0.326 e. The Bertz CT molecular complexity index is 887. The first-order valence-electron chi connectivity index (χ1n) is 8.80. The molecule has 2 N–H and O–H groups in total. The van der Waals surface area contributed by atoms with Gasteiger partial charge in [-0.1, -0.05) is 30.7 Å². The molecule has 0 spiro atoms. The molecular formula is C21H20FN4. The van der Waals surface area contributed by atoms with Crippen molar-refractivity contribution in [2.24, 2.45) is 5.73 Å². The molecule has 131 valence electrons. The SMILES string of the molecule is NCc1ccc(-c2ccc([CH]C3(c4ncccc4F)CCC3)nn2)cc1. The summed E-state index contributed by atoms with van der Waals surface area (Å²) in [5, 5.41) is 8.68. The normalized spacial score (nSPS) is 15.5. The molecule has 1 saturated carbocycles. The number of hydrogen-bond donors (Lipinski definition) is 1. The third kappa shape index (κ3) is 3.10. The van der Waals surface area contributed by atoms with Gasteiger partial charge < -0.3 is 5.73 Å². The fourth-order valence-electron chi connectivity index (χ4n) is 3.43. The molecule has 4 rings (SSSR count). The Labute approximate surface area is 152 Å². The number of halogens is 1. The molecule has 3 aromatic rings. The molecule has 1 aromatic carbocycles. The monoisotopic (exact) mass is 347 g/mol. The van der Waals surface area contributed by atoms with Crippen LogP contribution in [0.4, 0.5) is 4.39 Å². The Balaban J connectivity index is 1.56. The molecule has 4 nitrogen and oxygen atoms in total. The van der Waals surface area contributed by atoms with E-state index in [1.165, 1.54) is 6.07 Å². The van der Waals surface area contributed by atoms with Crippen molar-refractivity contribution in [2.75, 3.05) is 0 Å². The van der Waals surface area contributed by atoms with Crippen LogP contribution in [0.2, 0.25) is 0 Å². The van der Waals surface area contributed by atoms with Crippen LogP contribution in [0.15, 0.2) is 54.7 Å². The van der Waals surface area contributed by atoms with Crippen molar-refractivity contribution < 1.29 is 4.39 Å². The quantitative estimate of drug-likeness (QED) is 0.762. The summed E-state index contributed by atoms with van der Waals surface area (Å²) in [7, 11) is 0. The molecule has 26 heavy (non-hydrogen) atoms. The van der Waals surface area contributed by atoms with E-state index in [9.17, 15) is 4.39 Å². The second-order valence-corrected chi connectivity index (χ2v) is 6.73. The minimum atomic E-state index is -0.371. The Morgan fingerprint density at radius 1 is 1.04 bits per heavy atom. The third-order valence-corrected chi connectivity index (χ3v) is 5.07. The average molecular weight is 347 g/mol. The molecule has 0 amide bonds. The van der Waals surface area contributed by atoms with Gasteiger partial charge in [0, 0.05) is 30.1 Å². The number of nitrogens with zero attached hydrogens (tertiary/aromatic N) is 3. The van der Waals surface area contributed by atoms with Crippen molar-refractivity contribution in [3.63, 3.8) is 0 Å². The molecule has 5 heteroatoms. The van der Waals surface area contributed by atoms with Gasteiger partial charge in [0.1, 0.15) is 5.82 Å². The molecule has 0 aliphatic heterocycles. The highest BCUT2D eigenvalue weighted by atomic mass is 19.1. The van der Waals surface area contributed by atoms with Crippen molar-refractivity contribution in [3.05, 3.63) is 83.9 Å². The lowest BCUT2D eigenvalue weighted by Crippen LogP contribution is -2.37. The lowest BCUT2D eigenvalue weighted by molar-refractivity contribution is 0.274. The zero-order chi connectivity index (χ0) is 18.0. The highest BCUT2D eigenvalue weighted by Gasteiger charge is 2.42. The van der Waals surface area contributed by atoms with Crippen LogP contribution in [-0.4, -0.2) is 15.2 Å². The van der Waals surface area contributed by atoms with Crippen LogP contribution >= 0.6 is 0 Å². The zero-order valence-corrected chi connectivity index (χ0v) is 14.4. The van der Waals surface area contributed by atoms with Crippen molar-refractivity contribution in [3.8, 4) is 11.3 Å². The Morgan fingerprint density at radius 3 is 2.42 bits per heavy atom.